The quantitative estimate of drug-likeness (QED) is 0.645. The fraction of sp³-hybridized carbons (Fsp3) is 0.750. The first kappa shape index (κ1) is 10.3. The Bertz CT molecular complexity index is 158. The molecule has 0 aliphatic carbocycles. The summed E-state index contributed by atoms with van der Waals surface area (Å²) in [5.74, 6) is 1.88. The monoisotopic (exact) mass is 168 g/mol. The van der Waals surface area contributed by atoms with E-state index in [1.54, 1.807) is 11.8 Å². The standard InChI is InChI=1S/C8H12N2S/c1-7(3-9)5-11-6-8(2)4-10/h7-8H,5-6H2,1-2H3. The lowest BCUT2D eigenvalue weighted by Crippen LogP contribution is -1.99. The Kier molecular flexibility index (Phi) is 5.70. The molecule has 0 saturated carbocycles. The van der Waals surface area contributed by atoms with E-state index in [4.69, 9.17) is 10.5 Å². The van der Waals surface area contributed by atoms with Gasteiger partial charge in [-0.15, -0.1) is 0 Å². The van der Waals surface area contributed by atoms with Gasteiger partial charge in [0.05, 0.1) is 24.0 Å². The number of rotatable bonds is 4. The molecule has 2 unspecified atom stereocenters. The van der Waals surface area contributed by atoms with Gasteiger partial charge >= 0.3 is 0 Å². The summed E-state index contributed by atoms with van der Waals surface area (Å²) in [5.41, 5.74) is 0. The Balaban J connectivity index is 3.30. The Labute approximate surface area is 72.2 Å². The van der Waals surface area contributed by atoms with Gasteiger partial charge in [0.25, 0.3) is 0 Å². The largest absolute Gasteiger partial charge is 0.198 e. The van der Waals surface area contributed by atoms with E-state index in [1.807, 2.05) is 13.8 Å². The van der Waals surface area contributed by atoms with E-state index >= 15 is 0 Å². The summed E-state index contributed by atoms with van der Waals surface area (Å²) in [6, 6.07) is 4.31. The van der Waals surface area contributed by atoms with Gasteiger partial charge in [-0.3, -0.25) is 0 Å². The molecule has 0 saturated heterocycles. The zero-order chi connectivity index (χ0) is 8.69. The highest BCUT2D eigenvalue weighted by molar-refractivity contribution is 7.99. The second kappa shape index (κ2) is 6.07. The van der Waals surface area contributed by atoms with Crippen molar-refractivity contribution in [3.05, 3.63) is 0 Å². The van der Waals surface area contributed by atoms with Crippen LogP contribution >= 0.6 is 11.8 Å². The summed E-state index contributed by atoms with van der Waals surface area (Å²) in [6.07, 6.45) is 0. The van der Waals surface area contributed by atoms with Crippen LogP contribution in [0.15, 0.2) is 0 Å². The highest BCUT2D eigenvalue weighted by Gasteiger charge is 2.02. The second-order valence-electron chi connectivity index (χ2n) is 2.60. The number of hydrogen-bond acceptors (Lipinski definition) is 3. The van der Waals surface area contributed by atoms with Gasteiger partial charge in [-0.05, 0) is 13.8 Å². The van der Waals surface area contributed by atoms with Gasteiger partial charge in [-0.1, -0.05) is 0 Å². The van der Waals surface area contributed by atoms with Gasteiger partial charge in [-0.2, -0.15) is 22.3 Å². The number of nitrogens with zero attached hydrogens (tertiary/aromatic N) is 2. The fourth-order valence-electron chi connectivity index (χ4n) is 0.496. The summed E-state index contributed by atoms with van der Waals surface area (Å²) in [6.45, 7) is 3.79. The second-order valence-corrected chi connectivity index (χ2v) is 3.67. The predicted molar refractivity (Wildman–Crippen MR) is 46.9 cm³/mol. The van der Waals surface area contributed by atoms with Crippen LogP contribution < -0.4 is 0 Å². The van der Waals surface area contributed by atoms with Gasteiger partial charge in [0.1, 0.15) is 0 Å². The van der Waals surface area contributed by atoms with Crippen molar-refractivity contribution >= 4 is 11.8 Å². The molecule has 0 aromatic heterocycles. The lowest BCUT2D eigenvalue weighted by Gasteiger charge is -2.02. The van der Waals surface area contributed by atoms with Crippen molar-refractivity contribution < 1.29 is 0 Å². The molecule has 0 spiro atoms. The Morgan fingerprint density at radius 1 is 1.09 bits per heavy atom. The van der Waals surface area contributed by atoms with Crippen molar-refractivity contribution in [2.45, 2.75) is 13.8 Å². The highest BCUT2D eigenvalue weighted by Crippen LogP contribution is 2.11. The summed E-state index contributed by atoms with van der Waals surface area (Å²) in [4.78, 5) is 0. The minimum atomic E-state index is 0.103. The lowest BCUT2D eigenvalue weighted by atomic mass is 10.2. The molecule has 2 atom stereocenters. The first-order valence-corrected chi connectivity index (χ1v) is 4.73. The van der Waals surface area contributed by atoms with Crippen LogP contribution in [0.4, 0.5) is 0 Å². The molecule has 0 radical (unpaired) electrons. The molecular weight excluding hydrogens is 156 g/mol. The molecule has 0 heterocycles. The molecular formula is C8H12N2S. The van der Waals surface area contributed by atoms with Crippen LogP contribution in [-0.4, -0.2) is 11.5 Å². The first-order valence-electron chi connectivity index (χ1n) is 3.57. The van der Waals surface area contributed by atoms with Crippen LogP contribution in [-0.2, 0) is 0 Å². The van der Waals surface area contributed by atoms with E-state index in [2.05, 4.69) is 12.1 Å². The summed E-state index contributed by atoms with van der Waals surface area (Å²) < 4.78 is 0. The van der Waals surface area contributed by atoms with Crippen LogP contribution in [0.2, 0.25) is 0 Å². The average molecular weight is 168 g/mol. The van der Waals surface area contributed by atoms with Gasteiger partial charge in [0, 0.05) is 11.5 Å². The average Bonchev–Trinajstić information content (AvgIpc) is 2.04. The molecule has 0 rings (SSSR count). The van der Waals surface area contributed by atoms with Crippen molar-refractivity contribution in [3.8, 4) is 12.1 Å². The molecule has 3 heteroatoms. The Morgan fingerprint density at radius 3 is 1.73 bits per heavy atom. The van der Waals surface area contributed by atoms with E-state index in [9.17, 15) is 0 Å². The zero-order valence-electron chi connectivity index (χ0n) is 6.87. The molecule has 0 aliphatic rings. The SMILES string of the molecule is CC(C#N)CSCC(C)C#N. The topological polar surface area (TPSA) is 47.6 Å². The normalized spacial score (nSPS) is 14.5. The van der Waals surface area contributed by atoms with Crippen molar-refractivity contribution in [2.75, 3.05) is 11.5 Å². The van der Waals surface area contributed by atoms with Crippen molar-refractivity contribution in [2.24, 2.45) is 11.8 Å². The molecule has 0 fully saturated rings. The lowest BCUT2D eigenvalue weighted by molar-refractivity contribution is 0.840. The smallest absolute Gasteiger partial charge is 0.0661 e. The summed E-state index contributed by atoms with van der Waals surface area (Å²) in [7, 11) is 0. The fourth-order valence-corrected chi connectivity index (χ4v) is 1.49. The van der Waals surface area contributed by atoms with Gasteiger partial charge in [-0.25, -0.2) is 0 Å². The van der Waals surface area contributed by atoms with E-state index in [-0.39, 0.29) is 11.8 Å². The Morgan fingerprint density at radius 2 is 1.45 bits per heavy atom. The first-order chi connectivity index (χ1) is 5.20. The molecule has 0 N–H and O–H groups in total. The van der Waals surface area contributed by atoms with E-state index in [0.29, 0.717) is 0 Å². The molecule has 0 bridgehead atoms. The molecule has 0 aromatic rings. The maximum absolute atomic E-state index is 8.43. The highest BCUT2D eigenvalue weighted by atomic mass is 32.2. The van der Waals surface area contributed by atoms with Crippen LogP contribution in [0.1, 0.15) is 13.8 Å². The third-order valence-corrected chi connectivity index (χ3v) is 2.65. The van der Waals surface area contributed by atoms with Crippen molar-refractivity contribution in [3.63, 3.8) is 0 Å². The van der Waals surface area contributed by atoms with Crippen LogP contribution in [0.25, 0.3) is 0 Å². The number of nitriles is 2. The molecule has 0 aromatic carbocycles. The number of thioether (sulfide) groups is 1. The van der Waals surface area contributed by atoms with Crippen LogP contribution in [0, 0.1) is 34.5 Å². The van der Waals surface area contributed by atoms with Crippen molar-refractivity contribution in [1.29, 1.82) is 10.5 Å². The summed E-state index contributed by atoms with van der Waals surface area (Å²) in [5, 5.41) is 16.9. The van der Waals surface area contributed by atoms with Crippen molar-refractivity contribution in [1.82, 2.24) is 0 Å². The van der Waals surface area contributed by atoms with E-state index in [0.717, 1.165) is 11.5 Å². The minimum absolute atomic E-state index is 0.103. The maximum Gasteiger partial charge on any atom is 0.0661 e. The Hall–Kier alpha value is -0.670. The molecule has 11 heavy (non-hydrogen) atoms. The van der Waals surface area contributed by atoms with Gasteiger partial charge in [0.2, 0.25) is 0 Å². The molecule has 60 valence electrons. The minimum Gasteiger partial charge on any atom is -0.198 e. The van der Waals surface area contributed by atoms with Crippen LogP contribution in [0.5, 0.6) is 0 Å². The number of hydrogen-bond donors (Lipinski definition) is 0. The van der Waals surface area contributed by atoms with E-state index < -0.39 is 0 Å². The van der Waals surface area contributed by atoms with Crippen LogP contribution in [0.3, 0.4) is 0 Å². The third-order valence-electron chi connectivity index (χ3n) is 1.18. The zero-order valence-corrected chi connectivity index (χ0v) is 7.69. The van der Waals surface area contributed by atoms with Gasteiger partial charge < -0.3 is 0 Å². The van der Waals surface area contributed by atoms with E-state index in [1.165, 1.54) is 0 Å². The summed E-state index contributed by atoms with van der Waals surface area (Å²) >= 11 is 1.67. The van der Waals surface area contributed by atoms with Gasteiger partial charge in [0.15, 0.2) is 0 Å². The maximum atomic E-state index is 8.43. The molecule has 2 nitrogen and oxygen atoms in total. The molecule has 0 amide bonds. The predicted octanol–water partition coefficient (Wildman–Crippen LogP) is 2.04. The molecule has 0 aliphatic heterocycles. The third kappa shape index (κ3) is 5.76.